The number of rotatable bonds is 4. The summed E-state index contributed by atoms with van der Waals surface area (Å²) in [6, 6.07) is 6.26. The van der Waals surface area contributed by atoms with E-state index in [1.807, 2.05) is 0 Å². The molecule has 0 aliphatic carbocycles. The minimum Gasteiger partial charge on any atom is -0.371 e. The summed E-state index contributed by atoms with van der Waals surface area (Å²) in [5.41, 5.74) is 7.90. The molecule has 100 valence electrons. The largest absolute Gasteiger partial charge is 0.371 e. The summed E-state index contributed by atoms with van der Waals surface area (Å²) in [6.07, 6.45) is 5.30. The number of nitrogens with two attached hydrogens (primary N) is 1. The van der Waals surface area contributed by atoms with Crippen LogP contribution in [0.1, 0.15) is 38.2 Å². The predicted octanol–water partition coefficient (Wildman–Crippen LogP) is 3.82. The first-order valence-corrected chi connectivity index (χ1v) is 7.35. The van der Waals surface area contributed by atoms with Crippen LogP contribution in [0.2, 0.25) is 5.02 Å². The zero-order valence-corrected chi connectivity index (χ0v) is 11.9. The molecule has 3 heteroatoms. The van der Waals surface area contributed by atoms with Gasteiger partial charge in [-0.05, 0) is 36.5 Å². The summed E-state index contributed by atoms with van der Waals surface area (Å²) in [7, 11) is 0. The van der Waals surface area contributed by atoms with E-state index in [4.69, 9.17) is 17.3 Å². The van der Waals surface area contributed by atoms with Crippen molar-refractivity contribution in [1.82, 2.24) is 0 Å². The number of nitrogens with zero attached hydrogens (tertiary/aromatic N) is 1. The van der Waals surface area contributed by atoms with Crippen LogP contribution in [0.25, 0.3) is 0 Å². The Balaban J connectivity index is 1.99. The molecule has 1 aromatic carbocycles. The van der Waals surface area contributed by atoms with Crippen molar-refractivity contribution in [3.05, 3.63) is 28.8 Å². The van der Waals surface area contributed by atoms with Gasteiger partial charge in [0.2, 0.25) is 0 Å². The fourth-order valence-corrected chi connectivity index (χ4v) is 3.04. The highest BCUT2D eigenvalue weighted by Gasteiger charge is 2.19. The van der Waals surface area contributed by atoms with Gasteiger partial charge < -0.3 is 10.6 Å². The molecule has 0 unspecified atom stereocenters. The van der Waals surface area contributed by atoms with Crippen LogP contribution in [0.5, 0.6) is 0 Å². The molecule has 1 aliphatic rings. The summed E-state index contributed by atoms with van der Waals surface area (Å²) in [6.45, 7) is 5.10. The highest BCUT2D eigenvalue weighted by molar-refractivity contribution is 6.31. The van der Waals surface area contributed by atoms with Crippen molar-refractivity contribution in [2.45, 2.75) is 39.2 Å². The van der Waals surface area contributed by atoms with Crippen LogP contribution < -0.4 is 10.6 Å². The molecule has 0 aromatic heterocycles. The molecule has 1 aromatic rings. The maximum atomic E-state index is 6.22. The van der Waals surface area contributed by atoms with Crippen molar-refractivity contribution < 1.29 is 0 Å². The van der Waals surface area contributed by atoms with Gasteiger partial charge in [0.25, 0.3) is 0 Å². The van der Waals surface area contributed by atoms with E-state index in [1.165, 1.54) is 31.4 Å². The predicted molar refractivity (Wildman–Crippen MR) is 79.2 cm³/mol. The standard InChI is InChI=1S/C15H23ClN2/c1-2-3-12-6-8-18(9-7-12)14-5-4-13(11-17)15(16)10-14/h4-5,10,12H,2-3,6-9,11,17H2,1H3. The molecule has 0 radical (unpaired) electrons. The minimum absolute atomic E-state index is 0.512. The van der Waals surface area contributed by atoms with Crippen molar-refractivity contribution in [3.8, 4) is 0 Å². The number of benzene rings is 1. The molecule has 0 amide bonds. The smallest absolute Gasteiger partial charge is 0.0471 e. The molecule has 0 saturated carbocycles. The summed E-state index contributed by atoms with van der Waals surface area (Å²) in [4.78, 5) is 2.44. The average molecular weight is 267 g/mol. The molecule has 1 aliphatic heterocycles. The lowest BCUT2D eigenvalue weighted by Gasteiger charge is -2.33. The highest BCUT2D eigenvalue weighted by atomic mass is 35.5. The lowest BCUT2D eigenvalue weighted by atomic mass is 9.92. The molecular formula is C15H23ClN2. The van der Waals surface area contributed by atoms with Gasteiger partial charge in [0.15, 0.2) is 0 Å². The second-order valence-corrected chi connectivity index (χ2v) is 5.61. The van der Waals surface area contributed by atoms with E-state index in [0.717, 1.165) is 29.6 Å². The molecule has 2 nitrogen and oxygen atoms in total. The normalized spacial score (nSPS) is 17.2. The van der Waals surface area contributed by atoms with Gasteiger partial charge >= 0.3 is 0 Å². The zero-order chi connectivity index (χ0) is 13.0. The quantitative estimate of drug-likeness (QED) is 0.898. The van der Waals surface area contributed by atoms with Crippen LogP contribution in [-0.2, 0) is 6.54 Å². The van der Waals surface area contributed by atoms with Crippen molar-refractivity contribution in [2.75, 3.05) is 18.0 Å². The Hall–Kier alpha value is -0.730. The lowest BCUT2D eigenvalue weighted by molar-refractivity contribution is 0.378. The van der Waals surface area contributed by atoms with Gasteiger partial charge in [-0.15, -0.1) is 0 Å². The van der Waals surface area contributed by atoms with Crippen LogP contribution in [0.3, 0.4) is 0 Å². The SMILES string of the molecule is CCCC1CCN(c2ccc(CN)c(Cl)c2)CC1. The molecule has 18 heavy (non-hydrogen) atoms. The molecule has 2 N–H and O–H groups in total. The minimum atomic E-state index is 0.512. The molecule has 1 heterocycles. The van der Waals surface area contributed by atoms with Crippen molar-refractivity contribution in [3.63, 3.8) is 0 Å². The van der Waals surface area contributed by atoms with E-state index in [2.05, 4.69) is 30.0 Å². The van der Waals surface area contributed by atoms with E-state index >= 15 is 0 Å². The first kappa shape index (κ1) is 13.7. The van der Waals surface area contributed by atoms with Gasteiger partial charge in [0.1, 0.15) is 0 Å². The summed E-state index contributed by atoms with van der Waals surface area (Å²) in [5.74, 6) is 0.921. The third-order valence-corrected chi connectivity index (χ3v) is 4.29. The summed E-state index contributed by atoms with van der Waals surface area (Å²) in [5, 5.41) is 0.797. The Morgan fingerprint density at radius 2 is 2.06 bits per heavy atom. The Bertz CT molecular complexity index is 384. The first-order chi connectivity index (χ1) is 8.74. The van der Waals surface area contributed by atoms with Crippen LogP contribution in [0.4, 0.5) is 5.69 Å². The second kappa shape index (κ2) is 6.44. The number of hydrogen-bond acceptors (Lipinski definition) is 2. The number of piperidine rings is 1. The number of hydrogen-bond donors (Lipinski definition) is 1. The van der Waals surface area contributed by atoms with Gasteiger partial charge in [-0.1, -0.05) is 37.4 Å². The maximum Gasteiger partial charge on any atom is 0.0471 e. The van der Waals surface area contributed by atoms with E-state index in [0.29, 0.717) is 6.54 Å². The van der Waals surface area contributed by atoms with Crippen LogP contribution >= 0.6 is 11.6 Å². The van der Waals surface area contributed by atoms with Gasteiger partial charge in [0, 0.05) is 30.3 Å². The van der Waals surface area contributed by atoms with Gasteiger partial charge in [-0.2, -0.15) is 0 Å². The third-order valence-electron chi connectivity index (χ3n) is 3.93. The zero-order valence-electron chi connectivity index (χ0n) is 11.2. The highest BCUT2D eigenvalue weighted by Crippen LogP contribution is 2.28. The maximum absolute atomic E-state index is 6.22. The Morgan fingerprint density at radius 1 is 1.33 bits per heavy atom. The lowest BCUT2D eigenvalue weighted by Crippen LogP contribution is -2.33. The Kier molecular flexibility index (Phi) is 4.90. The van der Waals surface area contributed by atoms with Crippen LogP contribution in [-0.4, -0.2) is 13.1 Å². The Morgan fingerprint density at radius 3 is 2.61 bits per heavy atom. The Labute approximate surface area is 115 Å². The van der Waals surface area contributed by atoms with Gasteiger partial charge in [-0.3, -0.25) is 0 Å². The molecular weight excluding hydrogens is 244 g/mol. The van der Waals surface area contributed by atoms with Crippen molar-refractivity contribution >= 4 is 17.3 Å². The van der Waals surface area contributed by atoms with Crippen molar-refractivity contribution in [2.24, 2.45) is 11.7 Å². The third kappa shape index (κ3) is 3.18. The number of halogens is 1. The van der Waals surface area contributed by atoms with E-state index in [-0.39, 0.29) is 0 Å². The molecule has 0 bridgehead atoms. The van der Waals surface area contributed by atoms with Crippen molar-refractivity contribution in [1.29, 1.82) is 0 Å². The van der Waals surface area contributed by atoms with Crippen LogP contribution in [0, 0.1) is 5.92 Å². The first-order valence-electron chi connectivity index (χ1n) is 6.98. The molecule has 0 spiro atoms. The van der Waals surface area contributed by atoms with E-state index < -0.39 is 0 Å². The van der Waals surface area contributed by atoms with E-state index in [1.54, 1.807) is 0 Å². The number of anilines is 1. The summed E-state index contributed by atoms with van der Waals surface area (Å²) >= 11 is 6.22. The van der Waals surface area contributed by atoms with E-state index in [9.17, 15) is 0 Å². The van der Waals surface area contributed by atoms with Crippen LogP contribution in [0.15, 0.2) is 18.2 Å². The van der Waals surface area contributed by atoms with Gasteiger partial charge in [-0.25, -0.2) is 0 Å². The topological polar surface area (TPSA) is 29.3 Å². The van der Waals surface area contributed by atoms with Gasteiger partial charge in [0.05, 0.1) is 0 Å². The summed E-state index contributed by atoms with van der Waals surface area (Å²) < 4.78 is 0. The monoisotopic (exact) mass is 266 g/mol. The molecule has 1 saturated heterocycles. The average Bonchev–Trinajstić information content (AvgIpc) is 2.40. The second-order valence-electron chi connectivity index (χ2n) is 5.20. The molecule has 0 atom stereocenters. The fraction of sp³-hybridized carbons (Fsp3) is 0.600. The fourth-order valence-electron chi connectivity index (χ4n) is 2.79. The molecule has 2 rings (SSSR count). The molecule has 1 fully saturated rings.